The molecule has 480 valence electrons. The smallest absolute Gasteiger partial charge is 0.249 e. The summed E-state index contributed by atoms with van der Waals surface area (Å²) >= 11 is 0. The van der Waals surface area contributed by atoms with Gasteiger partial charge >= 0.3 is 0 Å². The topological polar surface area (TPSA) is 189 Å². The fraction of sp³-hybridized carbons (Fsp3) is 0.929. The third kappa shape index (κ3) is 46.5. The molecule has 1 heterocycles. The first kappa shape index (κ1) is 77.6. The first-order valence-corrected chi connectivity index (χ1v) is 35.2. The number of aliphatic hydroxyl groups excluding tert-OH is 7. The van der Waals surface area contributed by atoms with Crippen molar-refractivity contribution < 1.29 is 50.0 Å². The standard InChI is InChI=1S/C70H135NO10/c1-3-5-7-9-11-13-15-17-19-21-23-25-27-29-30-31-32-33-34-36-38-40-42-44-46-48-50-52-54-56-58-63(74)69(79)71-61(60-80-70-68(78)67(77)66(76)64(59-72)81-70)65(75)62(73)57-55-53-51-49-47-45-43-41-39-37-35-28-26-24-22-20-18-16-14-12-10-8-6-4-2/h29-30,49,51,61-68,70,72-78H,3-28,31-48,50,52-60H2,1-2H3,(H,71,79)/b30-29-,51-49+. The minimum atomic E-state index is -1.67. The predicted octanol–water partition coefficient (Wildman–Crippen LogP) is 16.8. The SMILES string of the molecule is CCCCCCCCCCCCCC/C=C\CCCCCCCCCCCCCCCCC(O)C(=O)NC(COC1OC(CO)C(O)C(O)C1O)C(O)C(O)CCC/C=C/CCCCCCCCCCCCCCCCCCCCC. The van der Waals surface area contributed by atoms with Crippen LogP contribution in [0.5, 0.6) is 0 Å². The van der Waals surface area contributed by atoms with Crippen molar-refractivity contribution in [3.8, 4) is 0 Å². The molecular weight excluding hydrogens is 1010 g/mol. The first-order chi connectivity index (χ1) is 39.7. The number of hydrogen-bond donors (Lipinski definition) is 8. The second kappa shape index (κ2) is 58.9. The largest absolute Gasteiger partial charge is 0.394 e. The molecule has 9 unspecified atom stereocenters. The third-order valence-corrected chi connectivity index (χ3v) is 17.2. The highest BCUT2D eigenvalue weighted by atomic mass is 16.7. The molecule has 0 spiro atoms. The van der Waals surface area contributed by atoms with E-state index in [9.17, 15) is 40.5 Å². The van der Waals surface area contributed by atoms with Gasteiger partial charge in [0.15, 0.2) is 6.29 Å². The maximum Gasteiger partial charge on any atom is 0.249 e. The number of nitrogens with one attached hydrogen (secondary N) is 1. The maximum atomic E-state index is 13.2. The fourth-order valence-electron chi connectivity index (χ4n) is 11.6. The van der Waals surface area contributed by atoms with E-state index < -0.39 is 74.2 Å². The van der Waals surface area contributed by atoms with Crippen molar-refractivity contribution in [1.29, 1.82) is 0 Å². The van der Waals surface area contributed by atoms with Crippen LogP contribution in [0.25, 0.3) is 0 Å². The second-order valence-electron chi connectivity index (χ2n) is 25.0. The van der Waals surface area contributed by atoms with Crippen LogP contribution in [0, 0.1) is 0 Å². The number of allylic oxidation sites excluding steroid dienone is 4. The van der Waals surface area contributed by atoms with Gasteiger partial charge in [0, 0.05) is 0 Å². The molecule has 0 aromatic heterocycles. The minimum Gasteiger partial charge on any atom is -0.394 e. The summed E-state index contributed by atoms with van der Waals surface area (Å²) in [4.78, 5) is 13.2. The second-order valence-corrected chi connectivity index (χ2v) is 25.0. The maximum absolute atomic E-state index is 13.2. The molecule has 0 aliphatic carbocycles. The fourth-order valence-corrected chi connectivity index (χ4v) is 11.6. The van der Waals surface area contributed by atoms with E-state index in [2.05, 4.69) is 43.5 Å². The zero-order valence-corrected chi connectivity index (χ0v) is 53.0. The summed E-state index contributed by atoms with van der Waals surface area (Å²) in [5.41, 5.74) is 0. The van der Waals surface area contributed by atoms with E-state index in [1.54, 1.807) is 0 Å². The highest BCUT2D eigenvalue weighted by molar-refractivity contribution is 5.80. The van der Waals surface area contributed by atoms with E-state index in [1.807, 2.05) is 0 Å². The lowest BCUT2D eigenvalue weighted by molar-refractivity contribution is -0.303. The molecule has 11 nitrogen and oxygen atoms in total. The van der Waals surface area contributed by atoms with Crippen molar-refractivity contribution in [2.45, 2.75) is 403 Å². The number of amides is 1. The van der Waals surface area contributed by atoms with Gasteiger partial charge in [-0.3, -0.25) is 4.79 Å². The normalized spacial score (nSPS) is 19.2. The van der Waals surface area contributed by atoms with Crippen molar-refractivity contribution in [1.82, 2.24) is 5.32 Å². The minimum absolute atomic E-state index is 0.257. The lowest BCUT2D eigenvalue weighted by Crippen LogP contribution is -2.60. The van der Waals surface area contributed by atoms with E-state index in [0.717, 1.165) is 38.5 Å². The molecule has 1 aliphatic heterocycles. The van der Waals surface area contributed by atoms with Crippen LogP contribution in [0.3, 0.4) is 0 Å². The molecule has 1 fully saturated rings. The number of unbranched alkanes of at least 4 members (excludes halogenated alkanes) is 46. The van der Waals surface area contributed by atoms with Gasteiger partial charge in [-0.25, -0.2) is 0 Å². The lowest BCUT2D eigenvalue weighted by Gasteiger charge is -2.40. The van der Waals surface area contributed by atoms with E-state index >= 15 is 0 Å². The average Bonchev–Trinajstić information content (AvgIpc) is 3.49. The van der Waals surface area contributed by atoms with Crippen LogP contribution in [0.1, 0.15) is 348 Å². The van der Waals surface area contributed by atoms with Crippen LogP contribution in [0.15, 0.2) is 24.3 Å². The van der Waals surface area contributed by atoms with E-state index in [4.69, 9.17) is 9.47 Å². The number of ether oxygens (including phenoxy) is 2. The Morgan fingerprint density at radius 3 is 1.06 bits per heavy atom. The number of rotatable bonds is 62. The number of carbonyl (C=O) groups excluding carboxylic acids is 1. The molecule has 0 saturated carbocycles. The zero-order valence-electron chi connectivity index (χ0n) is 53.0. The highest BCUT2D eigenvalue weighted by Gasteiger charge is 2.44. The quantitative estimate of drug-likeness (QED) is 0.0215. The molecular formula is C70H135NO10. The Kier molecular flexibility index (Phi) is 56.5. The Bertz CT molecular complexity index is 1370. The molecule has 8 N–H and O–H groups in total. The van der Waals surface area contributed by atoms with Gasteiger partial charge in [0.1, 0.15) is 36.6 Å². The van der Waals surface area contributed by atoms with Gasteiger partial charge in [0.25, 0.3) is 0 Å². The van der Waals surface area contributed by atoms with Gasteiger partial charge in [-0.1, -0.05) is 308 Å². The Hall–Kier alpha value is -1.41. The van der Waals surface area contributed by atoms with Gasteiger partial charge in [0.05, 0.1) is 25.4 Å². The van der Waals surface area contributed by atoms with E-state index in [0.29, 0.717) is 12.8 Å². The molecule has 0 aromatic carbocycles. The van der Waals surface area contributed by atoms with Crippen molar-refractivity contribution in [2.24, 2.45) is 0 Å². The van der Waals surface area contributed by atoms with Crippen LogP contribution in [0.2, 0.25) is 0 Å². The molecule has 0 aromatic rings. The molecule has 1 amide bonds. The Labute approximate surface area is 499 Å². The van der Waals surface area contributed by atoms with Crippen LogP contribution < -0.4 is 5.32 Å². The Morgan fingerprint density at radius 2 is 0.728 bits per heavy atom. The van der Waals surface area contributed by atoms with Gasteiger partial charge in [-0.15, -0.1) is 0 Å². The summed E-state index contributed by atoms with van der Waals surface area (Å²) in [6.45, 7) is 3.50. The van der Waals surface area contributed by atoms with Gasteiger partial charge in [-0.2, -0.15) is 0 Å². The summed E-state index contributed by atoms with van der Waals surface area (Å²) in [7, 11) is 0. The van der Waals surface area contributed by atoms with Crippen molar-refractivity contribution >= 4 is 5.91 Å². The first-order valence-electron chi connectivity index (χ1n) is 35.2. The Balaban J connectivity index is 2.21. The molecule has 11 heteroatoms. The third-order valence-electron chi connectivity index (χ3n) is 17.2. The van der Waals surface area contributed by atoms with E-state index in [1.165, 1.54) is 270 Å². The number of hydrogen-bond acceptors (Lipinski definition) is 10. The van der Waals surface area contributed by atoms with Crippen molar-refractivity contribution in [2.75, 3.05) is 13.2 Å². The van der Waals surface area contributed by atoms with E-state index in [-0.39, 0.29) is 12.8 Å². The van der Waals surface area contributed by atoms with Crippen molar-refractivity contribution in [3.63, 3.8) is 0 Å². The monoisotopic (exact) mass is 1150 g/mol. The van der Waals surface area contributed by atoms with Crippen LogP contribution in [-0.4, -0.2) is 110 Å². The highest BCUT2D eigenvalue weighted by Crippen LogP contribution is 2.24. The van der Waals surface area contributed by atoms with Gasteiger partial charge < -0.3 is 50.5 Å². The van der Waals surface area contributed by atoms with Crippen LogP contribution in [0.4, 0.5) is 0 Å². The molecule has 9 atom stereocenters. The van der Waals surface area contributed by atoms with Crippen LogP contribution >= 0.6 is 0 Å². The summed E-state index contributed by atoms with van der Waals surface area (Å²) in [6.07, 6.45) is 62.6. The molecule has 1 saturated heterocycles. The molecule has 1 rings (SSSR count). The summed E-state index contributed by atoms with van der Waals surface area (Å²) in [5, 5.41) is 76.5. The van der Waals surface area contributed by atoms with Gasteiger partial charge in [0.2, 0.25) is 5.91 Å². The average molecular weight is 1150 g/mol. The number of carbonyl (C=O) groups is 1. The summed E-state index contributed by atoms with van der Waals surface area (Å²) in [5.74, 6) is -0.700. The van der Waals surface area contributed by atoms with Gasteiger partial charge in [-0.05, 0) is 64.2 Å². The summed E-state index contributed by atoms with van der Waals surface area (Å²) < 4.78 is 11.2. The zero-order chi connectivity index (χ0) is 58.9. The lowest BCUT2D eigenvalue weighted by atomic mass is 9.98. The van der Waals surface area contributed by atoms with Crippen molar-refractivity contribution in [3.05, 3.63) is 24.3 Å². The van der Waals surface area contributed by atoms with Crippen LogP contribution in [-0.2, 0) is 14.3 Å². The Morgan fingerprint density at radius 1 is 0.420 bits per heavy atom. The molecule has 1 aliphatic rings. The molecule has 81 heavy (non-hydrogen) atoms. The summed E-state index contributed by atoms with van der Waals surface area (Å²) in [6, 6.07) is -1.18. The number of aliphatic hydroxyl groups is 7. The molecule has 0 bridgehead atoms. The molecule has 0 radical (unpaired) electrons. The predicted molar refractivity (Wildman–Crippen MR) is 339 cm³/mol.